The monoisotopic (exact) mass is 370 g/mol. The summed E-state index contributed by atoms with van der Waals surface area (Å²) < 4.78 is 40.8. The van der Waals surface area contributed by atoms with Crippen LogP contribution in [0.3, 0.4) is 0 Å². The molecule has 4 nitrogen and oxygen atoms in total. The highest BCUT2D eigenvalue weighted by molar-refractivity contribution is 7.89. The molecule has 3 N–H and O–H groups in total. The van der Waals surface area contributed by atoms with E-state index in [0.717, 1.165) is 18.9 Å². The average Bonchev–Trinajstić information content (AvgIpc) is 2.83. The maximum atomic E-state index is 13.6. The van der Waals surface area contributed by atoms with E-state index in [1.54, 1.807) is 0 Å². The fourth-order valence-electron chi connectivity index (χ4n) is 2.42. The van der Waals surface area contributed by atoms with Gasteiger partial charge in [0.25, 0.3) is 0 Å². The summed E-state index contributed by atoms with van der Waals surface area (Å²) in [7, 11) is -3.98. The summed E-state index contributed by atoms with van der Waals surface area (Å²) in [5, 5.41) is -0.763. The van der Waals surface area contributed by atoms with Crippen LogP contribution in [0.1, 0.15) is 19.3 Å². The fourth-order valence-corrected chi connectivity index (χ4v) is 4.76. The van der Waals surface area contributed by atoms with Crippen LogP contribution in [0.2, 0.25) is 10.0 Å². The molecule has 2 unspecified atom stereocenters. The van der Waals surface area contributed by atoms with Gasteiger partial charge in [-0.25, -0.2) is 17.5 Å². The van der Waals surface area contributed by atoms with Gasteiger partial charge in [0.15, 0.2) is 5.82 Å². The first-order valence-corrected chi connectivity index (χ1v) is 8.84. The Kier molecular flexibility index (Phi) is 5.10. The van der Waals surface area contributed by atoms with Crippen molar-refractivity contribution < 1.29 is 12.8 Å². The first-order valence-electron chi connectivity index (χ1n) is 6.19. The second-order valence-corrected chi connectivity index (χ2v) is 7.78. The third-order valence-electron chi connectivity index (χ3n) is 3.48. The Bertz CT molecular complexity index is 682. The summed E-state index contributed by atoms with van der Waals surface area (Å²) in [5.74, 6) is -1.16. The molecule has 0 bridgehead atoms. The Morgan fingerprint density at radius 2 is 2.05 bits per heavy atom. The van der Waals surface area contributed by atoms with Crippen LogP contribution in [-0.2, 0) is 10.0 Å². The summed E-state index contributed by atoms with van der Waals surface area (Å²) >= 11 is 16.2. The summed E-state index contributed by atoms with van der Waals surface area (Å²) in [6.45, 7) is 0. The number of nitrogens with one attached hydrogen (secondary N) is 1. The van der Waals surface area contributed by atoms with Crippen molar-refractivity contribution >= 4 is 50.4 Å². The van der Waals surface area contributed by atoms with Crippen LogP contribution < -0.4 is 10.5 Å². The molecule has 2 atom stereocenters. The molecule has 9 heteroatoms. The van der Waals surface area contributed by atoms with E-state index in [1.165, 1.54) is 6.07 Å². The molecule has 0 amide bonds. The minimum atomic E-state index is -3.98. The molecule has 0 radical (unpaired) electrons. The van der Waals surface area contributed by atoms with Gasteiger partial charge in [0, 0.05) is 12.0 Å². The van der Waals surface area contributed by atoms with Crippen LogP contribution >= 0.6 is 35.4 Å². The van der Waals surface area contributed by atoms with E-state index in [1.807, 2.05) is 0 Å². The molecule has 1 aliphatic carbocycles. The van der Waals surface area contributed by atoms with Crippen molar-refractivity contribution in [2.24, 2.45) is 11.7 Å². The Morgan fingerprint density at radius 3 is 2.67 bits per heavy atom. The lowest BCUT2D eigenvalue weighted by molar-refractivity contribution is 0.524. The predicted octanol–water partition coefficient (Wildman–Crippen LogP) is 2.87. The number of nitrogens with two attached hydrogens (primary N) is 1. The molecule has 116 valence electrons. The quantitative estimate of drug-likeness (QED) is 0.631. The van der Waals surface area contributed by atoms with Gasteiger partial charge in [-0.15, -0.1) is 0 Å². The van der Waals surface area contributed by atoms with Crippen LogP contribution in [0.15, 0.2) is 17.0 Å². The lowest BCUT2D eigenvalue weighted by atomic mass is 10.1. The normalized spacial score (nSPS) is 22.4. The van der Waals surface area contributed by atoms with Gasteiger partial charge in [0.05, 0.1) is 15.0 Å². The van der Waals surface area contributed by atoms with Crippen molar-refractivity contribution in [3.05, 3.63) is 28.0 Å². The van der Waals surface area contributed by atoms with Crippen molar-refractivity contribution in [2.75, 3.05) is 0 Å². The molecule has 1 saturated carbocycles. The smallest absolute Gasteiger partial charge is 0.242 e. The number of sulfonamides is 1. The number of hydrogen-bond donors (Lipinski definition) is 2. The third kappa shape index (κ3) is 3.48. The average molecular weight is 371 g/mol. The molecule has 0 saturated heterocycles. The molecule has 21 heavy (non-hydrogen) atoms. The lowest BCUT2D eigenvalue weighted by Crippen LogP contribution is -2.41. The third-order valence-corrected chi connectivity index (χ3v) is 6.09. The second-order valence-electron chi connectivity index (χ2n) is 4.84. The molecule has 2 rings (SSSR count). The van der Waals surface area contributed by atoms with Crippen LogP contribution in [-0.4, -0.2) is 19.4 Å². The second kappa shape index (κ2) is 6.34. The summed E-state index contributed by atoms with van der Waals surface area (Å²) in [6, 6.07) is 1.92. The zero-order valence-electron chi connectivity index (χ0n) is 10.8. The topological polar surface area (TPSA) is 72.2 Å². The molecular formula is C12H13Cl2FN2O2S2. The Hall–Kier alpha value is -0.470. The van der Waals surface area contributed by atoms with E-state index in [2.05, 4.69) is 4.72 Å². The minimum Gasteiger partial charge on any atom is -0.393 e. The zero-order valence-corrected chi connectivity index (χ0v) is 13.9. The highest BCUT2D eigenvalue weighted by Gasteiger charge is 2.34. The molecule has 0 spiro atoms. The highest BCUT2D eigenvalue weighted by atomic mass is 35.5. The Morgan fingerprint density at radius 1 is 1.38 bits per heavy atom. The number of halogens is 3. The van der Waals surface area contributed by atoms with Crippen LogP contribution in [0.5, 0.6) is 0 Å². The van der Waals surface area contributed by atoms with Gasteiger partial charge in [0.2, 0.25) is 10.0 Å². The van der Waals surface area contributed by atoms with E-state index < -0.39 is 26.9 Å². The standard InChI is InChI=1S/C12H13Cl2FN2O2S2/c13-7-4-5-9(10(14)11(7)15)21(18,19)17-8-3-1-2-6(8)12(16)20/h4-6,8,17H,1-3H2,(H2,16,20). The molecule has 1 aliphatic rings. The molecule has 0 heterocycles. The molecule has 0 aromatic heterocycles. The minimum absolute atomic E-state index is 0.203. The molecule has 1 aromatic carbocycles. The summed E-state index contributed by atoms with van der Waals surface area (Å²) in [6.07, 6.45) is 2.16. The molecular weight excluding hydrogens is 358 g/mol. The maximum absolute atomic E-state index is 13.6. The fraction of sp³-hybridized carbons (Fsp3) is 0.417. The number of benzene rings is 1. The zero-order chi connectivity index (χ0) is 15.8. The Labute approximate surface area is 137 Å². The molecule has 1 fully saturated rings. The Balaban J connectivity index is 2.31. The first kappa shape index (κ1) is 16.9. The van der Waals surface area contributed by atoms with Gasteiger partial charge >= 0.3 is 0 Å². The maximum Gasteiger partial charge on any atom is 0.242 e. The van der Waals surface area contributed by atoms with E-state index in [0.29, 0.717) is 6.42 Å². The van der Waals surface area contributed by atoms with Crippen LogP contribution in [0, 0.1) is 11.7 Å². The van der Waals surface area contributed by atoms with E-state index in [-0.39, 0.29) is 20.8 Å². The van der Waals surface area contributed by atoms with E-state index in [9.17, 15) is 12.8 Å². The van der Waals surface area contributed by atoms with Gasteiger partial charge in [-0.3, -0.25) is 0 Å². The van der Waals surface area contributed by atoms with Gasteiger partial charge in [-0.1, -0.05) is 41.8 Å². The van der Waals surface area contributed by atoms with Gasteiger partial charge in [0.1, 0.15) is 4.90 Å². The van der Waals surface area contributed by atoms with Gasteiger partial charge in [-0.2, -0.15) is 0 Å². The number of hydrogen-bond acceptors (Lipinski definition) is 3. The van der Waals surface area contributed by atoms with Gasteiger partial charge < -0.3 is 5.73 Å². The number of rotatable bonds is 4. The van der Waals surface area contributed by atoms with E-state index >= 15 is 0 Å². The number of thiocarbonyl (C=S) groups is 1. The SMILES string of the molecule is NC(=S)C1CCCC1NS(=O)(=O)c1ccc(Cl)c(F)c1Cl. The van der Waals surface area contributed by atoms with Crippen molar-refractivity contribution in [3.63, 3.8) is 0 Å². The molecule has 1 aromatic rings. The lowest BCUT2D eigenvalue weighted by Gasteiger charge is -2.20. The molecule has 0 aliphatic heterocycles. The van der Waals surface area contributed by atoms with Crippen molar-refractivity contribution in [3.8, 4) is 0 Å². The highest BCUT2D eigenvalue weighted by Crippen LogP contribution is 2.32. The van der Waals surface area contributed by atoms with E-state index in [4.69, 9.17) is 41.2 Å². The van der Waals surface area contributed by atoms with Crippen LogP contribution in [0.4, 0.5) is 4.39 Å². The van der Waals surface area contributed by atoms with Crippen molar-refractivity contribution in [2.45, 2.75) is 30.2 Å². The summed E-state index contributed by atoms with van der Waals surface area (Å²) in [5.41, 5.74) is 5.61. The summed E-state index contributed by atoms with van der Waals surface area (Å²) in [4.78, 5) is -0.0757. The first-order chi connectivity index (χ1) is 9.74. The van der Waals surface area contributed by atoms with Gasteiger partial charge in [-0.05, 0) is 25.0 Å². The largest absolute Gasteiger partial charge is 0.393 e. The van der Waals surface area contributed by atoms with Crippen molar-refractivity contribution in [1.29, 1.82) is 0 Å². The van der Waals surface area contributed by atoms with Crippen LogP contribution in [0.25, 0.3) is 0 Å². The van der Waals surface area contributed by atoms with Crippen molar-refractivity contribution in [1.82, 2.24) is 4.72 Å². The predicted molar refractivity (Wildman–Crippen MR) is 84.7 cm³/mol.